The van der Waals surface area contributed by atoms with Crippen molar-refractivity contribution in [1.29, 1.82) is 0 Å². The van der Waals surface area contributed by atoms with Gasteiger partial charge in [0.05, 0.1) is 18.4 Å². The van der Waals surface area contributed by atoms with Gasteiger partial charge in [-0.3, -0.25) is 0 Å². The van der Waals surface area contributed by atoms with Crippen LogP contribution in [-0.4, -0.2) is 21.5 Å². The number of ether oxygens (including phenoxy) is 1. The van der Waals surface area contributed by atoms with E-state index in [9.17, 15) is 13.2 Å². The summed E-state index contributed by atoms with van der Waals surface area (Å²) in [5.74, 6) is -0.601. The molecular formula is C20H19NO4S. The monoisotopic (exact) mass is 369 g/mol. The van der Waals surface area contributed by atoms with Crippen LogP contribution in [0.3, 0.4) is 0 Å². The number of methoxy groups -OCH3 is 1. The summed E-state index contributed by atoms with van der Waals surface area (Å²) < 4.78 is 31.9. The highest BCUT2D eigenvalue weighted by atomic mass is 32.2. The maximum absolute atomic E-state index is 12.3. The molecule has 0 bridgehead atoms. The zero-order chi connectivity index (χ0) is 18.6. The lowest BCUT2D eigenvalue weighted by molar-refractivity contribution is 0.0600. The van der Waals surface area contributed by atoms with Crippen molar-refractivity contribution in [3.63, 3.8) is 0 Å². The van der Waals surface area contributed by atoms with Crippen molar-refractivity contribution < 1.29 is 17.9 Å². The van der Waals surface area contributed by atoms with Gasteiger partial charge in [0.2, 0.25) is 10.0 Å². The van der Waals surface area contributed by atoms with Crippen LogP contribution >= 0.6 is 0 Å². The minimum atomic E-state index is -3.49. The fourth-order valence-electron chi connectivity index (χ4n) is 2.67. The summed E-state index contributed by atoms with van der Waals surface area (Å²) in [5, 5.41) is 2.19. The Morgan fingerprint density at radius 3 is 2.27 bits per heavy atom. The van der Waals surface area contributed by atoms with E-state index in [1.54, 1.807) is 24.3 Å². The highest BCUT2D eigenvalue weighted by molar-refractivity contribution is 7.88. The second-order valence-electron chi connectivity index (χ2n) is 5.95. The van der Waals surface area contributed by atoms with E-state index in [-0.39, 0.29) is 12.3 Å². The molecule has 0 aliphatic carbocycles. The molecule has 0 aromatic heterocycles. The number of rotatable bonds is 6. The van der Waals surface area contributed by atoms with Gasteiger partial charge in [0.1, 0.15) is 0 Å². The number of hydrogen-bond acceptors (Lipinski definition) is 4. The maximum atomic E-state index is 12.3. The number of carbonyl (C=O) groups excluding carboxylic acids is 1. The third-order valence-electron chi connectivity index (χ3n) is 4.04. The fourth-order valence-corrected chi connectivity index (χ4v) is 3.79. The van der Waals surface area contributed by atoms with E-state index in [1.165, 1.54) is 7.11 Å². The van der Waals surface area contributed by atoms with E-state index in [1.807, 2.05) is 42.5 Å². The molecule has 6 heteroatoms. The van der Waals surface area contributed by atoms with E-state index >= 15 is 0 Å². The summed E-state index contributed by atoms with van der Waals surface area (Å²) in [6, 6.07) is 20.1. The van der Waals surface area contributed by atoms with Crippen molar-refractivity contribution in [3.8, 4) is 0 Å². The van der Waals surface area contributed by atoms with Gasteiger partial charge in [-0.1, -0.05) is 48.5 Å². The minimum absolute atomic E-state index is 0.151. The number of nitrogens with one attached hydrogen (secondary N) is 1. The van der Waals surface area contributed by atoms with Crippen molar-refractivity contribution in [3.05, 3.63) is 83.4 Å². The van der Waals surface area contributed by atoms with Crippen molar-refractivity contribution in [2.24, 2.45) is 0 Å². The Kier molecular flexibility index (Phi) is 5.35. The Balaban J connectivity index is 1.65. The number of fused-ring (bicyclic) bond motifs is 1. The molecule has 26 heavy (non-hydrogen) atoms. The molecule has 0 saturated carbocycles. The Morgan fingerprint density at radius 1 is 0.923 bits per heavy atom. The predicted octanol–water partition coefficient (Wildman–Crippen LogP) is 3.25. The summed E-state index contributed by atoms with van der Waals surface area (Å²) in [4.78, 5) is 11.4. The Bertz CT molecular complexity index is 1030. The first-order valence-corrected chi connectivity index (χ1v) is 9.74. The van der Waals surface area contributed by atoms with E-state index in [0.717, 1.165) is 16.3 Å². The zero-order valence-electron chi connectivity index (χ0n) is 14.3. The van der Waals surface area contributed by atoms with Crippen molar-refractivity contribution in [2.75, 3.05) is 7.11 Å². The highest BCUT2D eigenvalue weighted by Gasteiger charge is 2.12. The Hall–Kier alpha value is -2.70. The molecule has 5 nitrogen and oxygen atoms in total. The third-order valence-corrected chi connectivity index (χ3v) is 5.34. The standard InChI is InChI=1S/C20H19NO4S/c1-25-20(22)18-10-6-15(7-11-18)14-26(23,24)21-13-16-8-9-17-4-2-3-5-19(17)12-16/h2-12,21H,13-14H2,1H3. The molecule has 0 spiro atoms. The topological polar surface area (TPSA) is 72.5 Å². The summed E-state index contributed by atoms with van der Waals surface area (Å²) in [6.07, 6.45) is 0. The SMILES string of the molecule is COC(=O)c1ccc(CS(=O)(=O)NCc2ccc3ccccc3c2)cc1. The van der Waals surface area contributed by atoms with Crippen LogP contribution in [0.15, 0.2) is 66.7 Å². The molecule has 0 heterocycles. The van der Waals surface area contributed by atoms with E-state index < -0.39 is 16.0 Å². The number of carbonyl (C=O) groups is 1. The van der Waals surface area contributed by atoms with Crippen molar-refractivity contribution >= 4 is 26.8 Å². The third kappa shape index (κ3) is 4.47. The fraction of sp³-hybridized carbons (Fsp3) is 0.150. The average Bonchev–Trinajstić information content (AvgIpc) is 2.66. The lowest BCUT2D eigenvalue weighted by atomic mass is 10.1. The number of esters is 1. The lowest BCUT2D eigenvalue weighted by Crippen LogP contribution is -2.24. The van der Waals surface area contributed by atoms with Gasteiger partial charge in [0.15, 0.2) is 0 Å². The van der Waals surface area contributed by atoms with Crippen LogP contribution in [0.25, 0.3) is 10.8 Å². The van der Waals surface area contributed by atoms with Crippen LogP contribution in [0.4, 0.5) is 0 Å². The second kappa shape index (κ2) is 7.68. The first-order valence-electron chi connectivity index (χ1n) is 8.09. The summed E-state index contributed by atoms with van der Waals surface area (Å²) >= 11 is 0. The number of benzene rings is 3. The van der Waals surface area contributed by atoms with Gasteiger partial charge in [0, 0.05) is 6.54 Å². The molecule has 0 fully saturated rings. The van der Waals surface area contributed by atoms with Gasteiger partial charge in [0.25, 0.3) is 0 Å². The Labute approximate surface area is 152 Å². The van der Waals surface area contributed by atoms with Crippen molar-refractivity contribution in [2.45, 2.75) is 12.3 Å². The van der Waals surface area contributed by atoms with Crippen LogP contribution in [0.1, 0.15) is 21.5 Å². The molecule has 0 radical (unpaired) electrons. The quantitative estimate of drug-likeness (QED) is 0.677. The van der Waals surface area contributed by atoms with Gasteiger partial charge < -0.3 is 4.74 Å². The molecule has 0 saturated heterocycles. The van der Waals surface area contributed by atoms with Crippen LogP contribution in [0, 0.1) is 0 Å². The molecule has 1 N–H and O–H groups in total. The molecular weight excluding hydrogens is 350 g/mol. The molecule has 3 aromatic carbocycles. The zero-order valence-corrected chi connectivity index (χ0v) is 15.1. The van der Waals surface area contributed by atoms with Crippen LogP contribution < -0.4 is 4.72 Å². The van der Waals surface area contributed by atoms with Gasteiger partial charge in [-0.2, -0.15) is 0 Å². The van der Waals surface area contributed by atoms with Gasteiger partial charge in [-0.25, -0.2) is 17.9 Å². The van der Waals surface area contributed by atoms with Crippen LogP contribution in [0.2, 0.25) is 0 Å². The van der Waals surface area contributed by atoms with Gasteiger partial charge in [-0.05, 0) is 40.1 Å². The molecule has 0 aliphatic rings. The van der Waals surface area contributed by atoms with E-state index in [4.69, 9.17) is 0 Å². The maximum Gasteiger partial charge on any atom is 0.337 e. The number of sulfonamides is 1. The average molecular weight is 369 g/mol. The number of hydrogen-bond donors (Lipinski definition) is 1. The van der Waals surface area contributed by atoms with E-state index in [0.29, 0.717) is 11.1 Å². The van der Waals surface area contributed by atoms with Gasteiger partial charge >= 0.3 is 5.97 Å². The first kappa shape index (κ1) is 18.1. The molecule has 0 aliphatic heterocycles. The predicted molar refractivity (Wildman–Crippen MR) is 101 cm³/mol. The highest BCUT2D eigenvalue weighted by Crippen LogP contribution is 2.16. The van der Waals surface area contributed by atoms with Crippen LogP contribution in [0.5, 0.6) is 0 Å². The smallest absolute Gasteiger partial charge is 0.337 e. The van der Waals surface area contributed by atoms with E-state index in [2.05, 4.69) is 9.46 Å². The Morgan fingerprint density at radius 2 is 1.58 bits per heavy atom. The second-order valence-corrected chi connectivity index (χ2v) is 7.76. The summed E-state index contributed by atoms with van der Waals surface area (Å²) in [7, 11) is -2.19. The molecule has 0 unspecified atom stereocenters. The minimum Gasteiger partial charge on any atom is -0.465 e. The molecule has 0 atom stereocenters. The van der Waals surface area contributed by atoms with Crippen LogP contribution in [-0.2, 0) is 27.1 Å². The molecule has 3 rings (SSSR count). The van der Waals surface area contributed by atoms with Crippen molar-refractivity contribution in [1.82, 2.24) is 4.72 Å². The first-order chi connectivity index (χ1) is 12.5. The largest absolute Gasteiger partial charge is 0.465 e. The summed E-state index contributed by atoms with van der Waals surface area (Å²) in [5.41, 5.74) is 1.88. The molecule has 134 valence electrons. The van der Waals surface area contributed by atoms with Gasteiger partial charge in [-0.15, -0.1) is 0 Å². The molecule has 0 amide bonds. The normalized spacial score (nSPS) is 11.4. The molecule has 3 aromatic rings. The lowest BCUT2D eigenvalue weighted by Gasteiger charge is -2.08. The summed E-state index contributed by atoms with van der Waals surface area (Å²) in [6.45, 7) is 0.230.